The van der Waals surface area contributed by atoms with Gasteiger partial charge in [0.15, 0.2) is 0 Å². The first-order chi connectivity index (χ1) is 11.1. The molecule has 2 N–H and O–H groups in total. The van der Waals surface area contributed by atoms with Crippen LogP contribution < -0.4 is 10.4 Å². The van der Waals surface area contributed by atoms with Gasteiger partial charge in [0.05, 0.1) is 21.3 Å². The van der Waals surface area contributed by atoms with E-state index in [2.05, 4.69) is 15.4 Å². The number of benzene rings is 1. The van der Waals surface area contributed by atoms with Crippen molar-refractivity contribution in [3.05, 3.63) is 53.9 Å². The van der Waals surface area contributed by atoms with Gasteiger partial charge in [-0.25, -0.2) is 9.78 Å². The Bertz CT molecular complexity index is 860. The number of nitrogens with one attached hydrogen (secondary N) is 1. The number of aromatic carboxylic acids is 1. The fourth-order valence-corrected chi connectivity index (χ4v) is 2.91. The molecule has 0 atom stereocenters. The van der Waals surface area contributed by atoms with E-state index < -0.39 is 11.9 Å². The lowest BCUT2D eigenvalue weighted by atomic mass is 10.1. The van der Waals surface area contributed by atoms with E-state index in [1.807, 2.05) is 24.3 Å². The lowest BCUT2D eigenvalue weighted by Gasteiger charge is -2.17. The third-order valence-electron chi connectivity index (χ3n) is 3.13. The molecular weight excluding hydrogens is 316 g/mol. The molecule has 1 amide bonds. The number of hydrogen-bond acceptors (Lipinski definition) is 6. The van der Waals surface area contributed by atoms with Crippen molar-refractivity contribution in [2.24, 2.45) is 0 Å². The molecule has 0 unspecified atom stereocenters. The number of amides is 1. The van der Waals surface area contributed by atoms with Crippen LogP contribution in [0.4, 0.5) is 5.13 Å². The van der Waals surface area contributed by atoms with E-state index in [0.29, 0.717) is 5.13 Å². The Kier molecular flexibility index (Phi) is 3.90. The van der Waals surface area contributed by atoms with Crippen LogP contribution >= 0.6 is 11.3 Å². The van der Waals surface area contributed by atoms with Gasteiger partial charge in [-0.2, -0.15) is 0 Å². The molecule has 0 radical (unpaired) electrons. The van der Waals surface area contributed by atoms with Gasteiger partial charge in [0.2, 0.25) is 5.13 Å². The van der Waals surface area contributed by atoms with Gasteiger partial charge in [-0.05, 0) is 18.2 Å². The van der Waals surface area contributed by atoms with Gasteiger partial charge in [-0.3, -0.25) is 20.2 Å². The molecule has 3 rings (SSSR count). The van der Waals surface area contributed by atoms with E-state index in [1.165, 1.54) is 28.6 Å². The van der Waals surface area contributed by atoms with Crippen LogP contribution in [0.2, 0.25) is 0 Å². The molecule has 0 bridgehead atoms. The van der Waals surface area contributed by atoms with Crippen LogP contribution in [0.1, 0.15) is 20.7 Å². The Morgan fingerprint density at radius 2 is 2.00 bits per heavy atom. The van der Waals surface area contributed by atoms with Crippen LogP contribution in [-0.4, -0.2) is 34.0 Å². The standard InChI is InChI=1S/C15H12N4O3S/c1-19(15-17-11-4-2-3-5-12(11)23-15)18-13(20)9-6-7-16-8-10(9)14(21)22/h2-8H,1H3,(H,18,20)(H,21,22). The van der Waals surface area contributed by atoms with Crippen LogP contribution in [0.3, 0.4) is 0 Å². The zero-order valence-electron chi connectivity index (χ0n) is 12.1. The van der Waals surface area contributed by atoms with E-state index in [1.54, 1.807) is 7.05 Å². The highest BCUT2D eigenvalue weighted by molar-refractivity contribution is 7.22. The summed E-state index contributed by atoms with van der Waals surface area (Å²) in [5.41, 5.74) is 3.35. The predicted octanol–water partition coefficient (Wildman–Crippen LogP) is 2.17. The van der Waals surface area contributed by atoms with Crippen molar-refractivity contribution in [3.63, 3.8) is 0 Å². The molecule has 0 fully saturated rings. The molecule has 0 spiro atoms. The highest BCUT2D eigenvalue weighted by Crippen LogP contribution is 2.27. The van der Waals surface area contributed by atoms with Crippen molar-refractivity contribution < 1.29 is 14.7 Å². The highest BCUT2D eigenvalue weighted by Gasteiger charge is 2.18. The number of anilines is 1. The SMILES string of the molecule is CN(NC(=O)c1ccncc1C(=O)O)c1nc2ccccc2s1. The van der Waals surface area contributed by atoms with Crippen LogP contribution in [0.5, 0.6) is 0 Å². The zero-order valence-corrected chi connectivity index (χ0v) is 12.9. The number of para-hydroxylation sites is 1. The van der Waals surface area contributed by atoms with Gasteiger partial charge in [0, 0.05) is 19.4 Å². The van der Waals surface area contributed by atoms with Crippen LogP contribution in [-0.2, 0) is 0 Å². The largest absolute Gasteiger partial charge is 0.478 e. The van der Waals surface area contributed by atoms with Crippen LogP contribution in [0.15, 0.2) is 42.7 Å². The number of carbonyl (C=O) groups is 2. The molecule has 7 nitrogen and oxygen atoms in total. The number of carboxylic acids is 1. The number of hydrogen-bond donors (Lipinski definition) is 2. The maximum atomic E-state index is 12.3. The van der Waals surface area contributed by atoms with Crippen LogP contribution in [0.25, 0.3) is 10.2 Å². The Balaban J connectivity index is 1.83. The molecule has 1 aromatic carbocycles. The summed E-state index contributed by atoms with van der Waals surface area (Å²) in [4.78, 5) is 31.6. The fourth-order valence-electron chi connectivity index (χ4n) is 2.03. The quantitative estimate of drug-likeness (QED) is 0.713. The van der Waals surface area contributed by atoms with E-state index in [9.17, 15) is 9.59 Å². The van der Waals surface area contributed by atoms with Gasteiger partial charge in [-0.15, -0.1) is 0 Å². The minimum absolute atomic E-state index is 0.0421. The molecular formula is C15H12N4O3S. The summed E-state index contributed by atoms with van der Waals surface area (Å²) in [6.45, 7) is 0. The summed E-state index contributed by atoms with van der Waals surface area (Å²) in [5, 5.41) is 11.2. The number of rotatable bonds is 4. The Morgan fingerprint density at radius 3 is 2.74 bits per heavy atom. The van der Waals surface area contributed by atoms with Crippen molar-refractivity contribution in [2.75, 3.05) is 12.1 Å². The Labute approximate surface area is 135 Å². The number of carbonyl (C=O) groups excluding carboxylic acids is 1. The average Bonchev–Trinajstić information content (AvgIpc) is 2.99. The summed E-state index contributed by atoms with van der Waals surface area (Å²) in [6, 6.07) is 9.00. The van der Waals surface area contributed by atoms with E-state index in [4.69, 9.17) is 5.11 Å². The Morgan fingerprint density at radius 1 is 1.22 bits per heavy atom. The molecule has 2 aromatic heterocycles. The monoisotopic (exact) mass is 328 g/mol. The van der Waals surface area contributed by atoms with Crippen molar-refractivity contribution >= 4 is 38.6 Å². The molecule has 2 heterocycles. The number of aromatic nitrogens is 2. The van der Waals surface area contributed by atoms with Gasteiger partial charge < -0.3 is 5.11 Å². The molecule has 116 valence electrons. The van der Waals surface area contributed by atoms with Gasteiger partial charge in [0.1, 0.15) is 0 Å². The molecule has 0 aliphatic rings. The molecule has 0 saturated heterocycles. The summed E-state index contributed by atoms with van der Waals surface area (Å²) < 4.78 is 0.999. The number of thiazole rings is 1. The molecule has 8 heteroatoms. The maximum absolute atomic E-state index is 12.3. The summed E-state index contributed by atoms with van der Waals surface area (Å²) in [5.74, 6) is -1.74. The number of hydrazine groups is 1. The minimum atomic E-state index is -1.20. The Hall–Kier alpha value is -3.00. The van der Waals surface area contributed by atoms with E-state index in [0.717, 1.165) is 16.4 Å². The number of carboxylic acid groups (broad SMARTS) is 1. The molecule has 0 saturated carbocycles. The summed E-state index contributed by atoms with van der Waals surface area (Å²) in [7, 11) is 1.65. The second-order valence-corrected chi connectivity index (χ2v) is 5.70. The summed E-state index contributed by atoms with van der Waals surface area (Å²) >= 11 is 1.42. The van der Waals surface area contributed by atoms with Gasteiger partial charge in [-0.1, -0.05) is 23.5 Å². The first kappa shape index (κ1) is 14.9. The van der Waals surface area contributed by atoms with E-state index >= 15 is 0 Å². The first-order valence-corrected chi connectivity index (χ1v) is 7.45. The number of pyridine rings is 1. The maximum Gasteiger partial charge on any atom is 0.338 e. The van der Waals surface area contributed by atoms with Crippen molar-refractivity contribution in [1.29, 1.82) is 0 Å². The second kappa shape index (κ2) is 6.01. The lowest BCUT2D eigenvalue weighted by Crippen LogP contribution is -2.40. The summed E-state index contributed by atoms with van der Waals surface area (Å²) in [6.07, 6.45) is 2.52. The second-order valence-electron chi connectivity index (χ2n) is 4.69. The van der Waals surface area contributed by atoms with Crippen molar-refractivity contribution in [2.45, 2.75) is 0 Å². The number of fused-ring (bicyclic) bond motifs is 1. The van der Waals surface area contributed by atoms with Gasteiger partial charge in [0.25, 0.3) is 5.91 Å². The van der Waals surface area contributed by atoms with Crippen LogP contribution in [0, 0.1) is 0 Å². The average molecular weight is 328 g/mol. The smallest absolute Gasteiger partial charge is 0.338 e. The molecule has 0 aliphatic carbocycles. The third-order valence-corrected chi connectivity index (χ3v) is 4.25. The first-order valence-electron chi connectivity index (χ1n) is 6.64. The molecule has 23 heavy (non-hydrogen) atoms. The van der Waals surface area contributed by atoms with Crippen molar-refractivity contribution in [3.8, 4) is 0 Å². The zero-order chi connectivity index (χ0) is 16.4. The predicted molar refractivity (Wildman–Crippen MR) is 86.7 cm³/mol. The molecule has 0 aliphatic heterocycles. The topological polar surface area (TPSA) is 95.4 Å². The number of nitrogens with zero attached hydrogens (tertiary/aromatic N) is 3. The minimum Gasteiger partial charge on any atom is -0.478 e. The third kappa shape index (κ3) is 2.97. The normalized spacial score (nSPS) is 10.5. The van der Waals surface area contributed by atoms with Crippen molar-refractivity contribution in [1.82, 2.24) is 15.4 Å². The fraction of sp³-hybridized carbons (Fsp3) is 0.0667. The lowest BCUT2D eigenvalue weighted by molar-refractivity contribution is 0.0690. The highest BCUT2D eigenvalue weighted by atomic mass is 32.1. The molecule has 3 aromatic rings. The van der Waals surface area contributed by atoms with Gasteiger partial charge >= 0.3 is 5.97 Å². The van der Waals surface area contributed by atoms with E-state index in [-0.39, 0.29) is 11.1 Å².